The predicted octanol–water partition coefficient (Wildman–Crippen LogP) is 8.55. The van der Waals surface area contributed by atoms with E-state index in [0.717, 1.165) is 70.4 Å². The number of nitrogens with zero attached hydrogens (tertiary/aromatic N) is 3. The average molecular weight is 596 g/mol. The second-order valence-corrected chi connectivity index (χ2v) is 10.8. The lowest BCUT2D eigenvalue weighted by molar-refractivity contribution is -0.0498. The summed E-state index contributed by atoms with van der Waals surface area (Å²) in [6, 6.07) is 33.5. The monoisotopic (exact) mass is 595 g/mol. The highest BCUT2D eigenvalue weighted by molar-refractivity contribution is 5.68. The molecule has 6 rings (SSSR count). The van der Waals surface area contributed by atoms with Crippen molar-refractivity contribution in [3.63, 3.8) is 0 Å². The third-order valence-corrected chi connectivity index (χ3v) is 7.66. The minimum atomic E-state index is -2.86. The number of fused-ring (bicyclic) bond motifs is 1. The summed E-state index contributed by atoms with van der Waals surface area (Å²) in [6.45, 7) is 2.21. The van der Waals surface area contributed by atoms with E-state index in [-0.39, 0.29) is 12.5 Å². The molecule has 226 valence electrons. The van der Waals surface area contributed by atoms with E-state index < -0.39 is 6.61 Å². The maximum absolute atomic E-state index is 12.8. The van der Waals surface area contributed by atoms with Crippen molar-refractivity contribution < 1.29 is 23.0 Å². The largest absolute Gasteiger partial charge is 0.454 e. The Bertz CT molecular complexity index is 1660. The smallest absolute Gasteiger partial charge is 0.387 e. The Labute approximate surface area is 256 Å². The van der Waals surface area contributed by atoms with Crippen LogP contribution in [0, 0.1) is 0 Å². The summed E-state index contributed by atoms with van der Waals surface area (Å²) in [5.41, 5.74) is 6.28. The Morgan fingerprint density at radius 1 is 0.795 bits per heavy atom. The molecule has 0 radical (unpaired) electrons. The van der Waals surface area contributed by atoms with E-state index >= 15 is 0 Å². The molecule has 1 aromatic heterocycles. The molecule has 6 nitrogen and oxygen atoms in total. The molecule has 1 aliphatic heterocycles. The van der Waals surface area contributed by atoms with Crippen LogP contribution in [0.1, 0.15) is 36.6 Å². The Morgan fingerprint density at radius 2 is 1.45 bits per heavy atom. The summed E-state index contributed by atoms with van der Waals surface area (Å²) in [5.74, 6) is 2.57. The first-order valence-corrected chi connectivity index (χ1v) is 14.9. The highest BCUT2D eigenvalue weighted by atomic mass is 19.3. The van der Waals surface area contributed by atoms with Gasteiger partial charge in [-0.1, -0.05) is 92.2 Å². The van der Waals surface area contributed by atoms with E-state index in [0.29, 0.717) is 19.6 Å². The summed E-state index contributed by atoms with van der Waals surface area (Å²) < 4.78 is 43.7. The van der Waals surface area contributed by atoms with E-state index in [2.05, 4.69) is 51.5 Å². The molecule has 0 spiro atoms. The zero-order valence-electron chi connectivity index (χ0n) is 24.7. The third kappa shape index (κ3) is 6.92. The quantitative estimate of drug-likeness (QED) is 0.137. The second kappa shape index (κ2) is 13.7. The van der Waals surface area contributed by atoms with Crippen LogP contribution in [0.4, 0.5) is 8.78 Å². The fraction of sp³-hybridized carbons (Fsp3) is 0.250. The molecule has 0 N–H and O–H groups in total. The van der Waals surface area contributed by atoms with Crippen molar-refractivity contribution in [2.75, 3.05) is 6.79 Å². The first kappa shape index (κ1) is 29.4. The highest BCUT2D eigenvalue weighted by Crippen LogP contribution is 2.35. The molecule has 0 bridgehead atoms. The van der Waals surface area contributed by atoms with Gasteiger partial charge < -0.3 is 18.8 Å². The second-order valence-electron chi connectivity index (χ2n) is 10.8. The van der Waals surface area contributed by atoms with Crippen molar-refractivity contribution >= 4 is 0 Å². The lowest BCUT2D eigenvalue weighted by Crippen LogP contribution is -2.24. The van der Waals surface area contributed by atoms with E-state index in [9.17, 15) is 8.78 Å². The minimum absolute atomic E-state index is 0.141. The lowest BCUT2D eigenvalue weighted by atomic mass is 10.1. The number of ether oxygens (including phenoxy) is 3. The van der Waals surface area contributed by atoms with Gasteiger partial charge in [0.15, 0.2) is 11.5 Å². The van der Waals surface area contributed by atoms with Gasteiger partial charge >= 0.3 is 6.61 Å². The fourth-order valence-electron chi connectivity index (χ4n) is 5.55. The van der Waals surface area contributed by atoms with Gasteiger partial charge in [0.05, 0.1) is 11.4 Å². The molecule has 0 amide bonds. The number of rotatable bonds is 13. The van der Waals surface area contributed by atoms with Gasteiger partial charge in [-0.3, -0.25) is 4.90 Å². The van der Waals surface area contributed by atoms with Gasteiger partial charge in [0, 0.05) is 37.3 Å². The summed E-state index contributed by atoms with van der Waals surface area (Å²) >= 11 is 0. The Hall–Kier alpha value is -4.69. The number of halogens is 2. The molecule has 0 atom stereocenters. The molecule has 4 aromatic carbocycles. The van der Waals surface area contributed by atoms with Gasteiger partial charge in [0.25, 0.3) is 0 Å². The molecule has 0 saturated carbocycles. The van der Waals surface area contributed by atoms with Crippen LogP contribution in [0.3, 0.4) is 0 Å². The molecule has 44 heavy (non-hydrogen) atoms. The van der Waals surface area contributed by atoms with E-state index in [4.69, 9.17) is 14.5 Å². The van der Waals surface area contributed by atoms with Crippen molar-refractivity contribution in [1.29, 1.82) is 0 Å². The van der Waals surface area contributed by atoms with Crippen molar-refractivity contribution in [1.82, 2.24) is 14.5 Å². The van der Waals surface area contributed by atoms with Gasteiger partial charge in [0.1, 0.15) is 11.6 Å². The lowest BCUT2D eigenvalue weighted by Gasteiger charge is -2.25. The first-order valence-electron chi connectivity index (χ1n) is 14.9. The summed E-state index contributed by atoms with van der Waals surface area (Å²) in [6.07, 6.45) is 2.08. The van der Waals surface area contributed by atoms with Gasteiger partial charge in [0.2, 0.25) is 6.79 Å². The van der Waals surface area contributed by atoms with E-state index in [1.807, 2.05) is 60.7 Å². The molecule has 8 heteroatoms. The van der Waals surface area contributed by atoms with Crippen molar-refractivity contribution in [3.05, 3.63) is 120 Å². The maximum Gasteiger partial charge on any atom is 0.387 e. The number of hydrogen-bond donors (Lipinski definition) is 0. The summed E-state index contributed by atoms with van der Waals surface area (Å²) in [7, 11) is 0. The van der Waals surface area contributed by atoms with Crippen molar-refractivity contribution in [3.8, 4) is 39.9 Å². The van der Waals surface area contributed by atoms with Crippen LogP contribution in [0.2, 0.25) is 0 Å². The molecule has 0 aliphatic carbocycles. The molecule has 0 unspecified atom stereocenters. The topological polar surface area (TPSA) is 48.8 Å². The number of unbranched alkanes of at least 4 members (excludes halogenated alkanes) is 1. The van der Waals surface area contributed by atoms with Crippen LogP contribution < -0.4 is 14.2 Å². The standard InChI is InChI=1S/C36H35F2N3O3/c1-2-3-20-41-31(34(28-10-6-4-7-11-28)39-35(41)29-12-8-5-9-13-29)24-40(22-26-14-17-30(18-15-26)44-36(37)38)23-27-16-19-32-33(21-27)43-25-42-32/h4-19,21,36H,2-3,20,22-25H2,1H3. The van der Waals surface area contributed by atoms with Crippen LogP contribution in [-0.2, 0) is 26.2 Å². The number of hydrogen-bond acceptors (Lipinski definition) is 5. The third-order valence-electron chi connectivity index (χ3n) is 7.66. The van der Waals surface area contributed by atoms with Gasteiger partial charge in [-0.05, 0) is 41.8 Å². The van der Waals surface area contributed by atoms with Gasteiger partial charge in [-0.15, -0.1) is 0 Å². The Balaban J connectivity index is 1.41. The molecule has 0 saturated heterocycles. The van der Waals surface area contributed by atoms with Crippen molar-refractivity contribution in [2.45, 2.75) is 52.6 Å². The minimum Gasteiger partial charge on any atom is -0.454 e. The molecule has 0 fully saturated rings. The van der Waals surface area contributed by atoms with Crippen LogP contribution in [-0.4, -0.2) is 27.9 Å². The Kier molecular flexibility index (Phi) is 9.17. The molecule has 2 heterocycles. The number of alkyl halides is 2. The molecule has 5 aromatic rings. The number of aromatic nitrogens is 2. The van der Waals surface area contributed by atoms with Gasteiger partial charge in [-0.2, -0.15) is 8.78 Å². The fourth-order valence-corrected chi connectivity index (χ4v) is 5.55. The summed E-state index contributed by atoms with van der Waals surface area (Å²) in [5, 5.41) is 0. The van der Waals surface area contributed by atoms with Crippen LogP contribution in [0.15, 0.2) is 103 Å². The molecule has 1 aliphatic rings. The number of benzene rings is 4. The van der Waals surface area contributed by atoms with Gasteiger partial charge in [-0.25, -0.2) is 4.98 Å². The Morgan fingerprint density at radius 3 is 2.16 bits per heavy atom. The highest BCUT2D eigenvalue weighted by Gasteiger charge is 2.23. The van der Waals surface area contributed by atoms with E-state index in [1.54, 1.807) is 12.1 Å². The predicted molar refractivity (Wildman–Crippen MR) is 167 cm³/mol. The van der Waals surface area contributed by atoms with Crippen LogP contribution >= 0.6 is 0 Å². The average Bonchev–Trinajstić information content (AvgIpc) is 3.66. The van der Waals surface area contributed by atoms with Crippen LogP contribution in [0.25, 0.3) is 22.6 Å². The summed E-state index contributed by atoms with van der Waals surface area (Å²) in [4.78, 5) is 7.62. The van der Waals surface area contributed by atoms with E-state index in [1.165, 1.54) is 0 Å². The zero-order valence-corrected chi connectivity index (χ0v) is 24.7. The van der Waals surface area contributed by atoms with Crippen LogP contribution in [0.5, 0.6) is 17.2 Å². The maximum atomic E-state index is 12.8. The first-order chi connectivity index (χ1) is 21.6. The SMILES string of the molecule is CCCCn1c(-c2ccccc2)nc(-c2ccccc2)c1CN(Cc1ccc(OC(F)F)cc1)Cc1ccc2c(c1)OCO2. The molecular weight excluding hydrogens is 560 g/mol. The zero-order chi connectivity index (χ0) is 30.3. The number of imidazole rings is 1. The molecular formula is C36H35F2N3O3. The normalized spacial score (nSPS) is 12.3. The van der Waals surface area contributed by atoms with Crippen molar-refractivity contribution in [2.24, 2.45) is 0 Å².